The molecule has 2 saturated carbocycles. The van der Waals surface area contributed by atoms with Crippen LogP contribution in [0.25, 0.3) is 0 Å². The van der Waals surface area contributed by atoms with Gasteiger partial charge in [-0.2, -0.15) is 0 Å². The molecule has 2 aromatic rings. The minimum Gasteiger partial charge on any atom is -0.388 e. The van der Waals surface area contributed by atoms with Crippen molar-refractivity contribution in [3.8, 4) is 0 Å². The Morgan fingerprint density at radius 1 is 1.14 bits per heavy atom. The summed E-state index contributed by atoms with van der Waals surface area (Å²) in [4.78, 5) is 14.7. The van der Waals surface area contributed by atoms with Gasteiger partial charge >= 0.3 is 0 Å². The Morgan fingerprint density at radius 3 is 2.36 bits per heavy atom. The van der Waals surface area contributed by atoms with Gasteiger partial charge in [-0.15, -0.1) is 0 Å². The maximum absolute atomic E-state index is 13.7. The topological polar surface area (TPSA) is 86.7 Å². The summed E-state index contributed by atoms with van der Waals surface area (Å²) in [6.45, 7) is 4.60. The largest absolute Gasteiger partial charge is 0.388 e. The van der Waals surface area contributed by atoms with Crippen molar-refractivity contribution in [2.45, 2.75) is 61.3 Å². The fourth-order valence-corrected chi connectivity index (χ4v) is 7.93. The number of likely N-dealkylation sites (N-methyl/N-ethyl adjacent to an activating group) is 1. The molecule has 0 aromatic heterocycles. The summed E-state index contributed by atoms with van der Waals surface area (Å²) in [5.41, 5.74) is -0.870. The molecule has 2 fully saturated rings. The lowest BCUT2D eigenvalue weighted by molar-refractivity contribution is -0.0806. The van der Waals surface area contributed by atoms with E-state index in [4.69, 9.17) is 11.6 Å². The number of benzene rings is 2. The monoisotopic (exact) mass is 540 g/mol. The van der Waals surface area contributed by atoms with E-state index >= 15 is 0 Å². The molecular formula is C26H31ClF2N2O4S. The summed E-state index contributed by atoms with van der Waals surface area (Å²) in [6, 6.07) is 7.15. The summed E-state index contributed by atoms with van der Waals surface area (Å²) < 4.78 is 54.1. The normalized spacial score (nSPS) is 26.0. The molecule has 0 heterocycles. The van der Waals surface area contributed by atoms with Crippen LogP contribution < -0.4 is 5.32 Å². The number of hydrogen-bond donors (Lipinski definition) is 2. The van der Waals surface area contributed by atoms with Gasteiger partial charge < -0.3 is 15.3 Å². The number of fused-ring (bicyclic) bond motifs is 2. The highest BCUT2D eigenvalue weighted by Crippen LogP contribution is 2.52. The van der Waals surface area contributed by atoms with Crippen LogP contribution in [0.5, 0.6) is 0 Å². The van der Waals surface area contributed by atoms with Gasteiger partial charge in [-0.1, -0.05) is 11.6 Å². The number of amides is 1. The van der Waals surface area contributed by atoms with E-state index in [9.17, 15) is 27.1 Å². The standard InChI is InChI=1S/C26H31ClF2N2O4S/c1-15(2)31(3)14-26(33)17-5-6-18(26)12-20(11-17)36(34,35)24-10-16(4-8-21(24)27)25(32)30-19-7-9-22(28)23(29)13-19/h4,7-10,13,15,17-18,20,33H,5-6,11-12,14H2,1-3H3,(H,30,32)/t17?,18?,20-,26-. The average Bonchev–Trinajstić information content (AvgIpc) is 2.98. The Hall–Kier alpha value is -2.07. The van der Waals surface area contributed by atoms with E-state index in [-0.39, 0.29) is 39.0 Å². The van der Waals surface area contributed by atoms with Crippen LogP contribution in [0, 0.1) is 23.5 Å². The summed E-state index contributed by atoms with van der Waals surface area (Å²) in [6.07, 6.45) is 2.18. The molecule has 2 aliphatic carbocycles. The molecule has 196 valence electrons. The molecule has 0 saturated heterocycles. The van der Waals surface area contributed by atoms with E-state index in [0.717, 1.165) is 25.0 Å². The molecule has 2 bridgehead atoms. The quantitative estimate of drug-likeness (QED) is 0.521. The highest BCUT2D eigenvalue weighted by Gasteiger charge is 2.56. The maximum Gasteiger partial charge on any atom is 0.255 e. The van der Waals surface area contributed by atoms with Crippen molar-refractivity contribution in [3.63, 3.8) is 0 Å². The number of rotatable bonds is 7. The number of carbonyl (C=O) groups is 1. The van der Waals surface area contributed by atoms with Gasteiger partial charge in [0.15, 0.2) is 21.5 Å². The number of nitrogens with one attached hydrogen (secondary N) is 1. The summed E-state index contributed by atoms with van der Waals surface area (Å²) >= 11 is 6.29. The predicted octanol–water partition coefficient (Wildman–Crippen LogP) is 4.90. The zero-order valence-corrected chi connectivity index (χ0v) is 22.0. The number of aliphatic hydroxyl groups is 1. The lowest BCUT2D eigenvalue weighted by Gasteiger charge is -2.45. The van der Waals surface area contributed by atoms with Crippen LogP contribution >= 0.6 is 11.6 Å². The first-order valence-electron chi connectivity index (χ1n) is 12.1. The summed E-state index contributed by atoms with van der Waals surface area (Å²) in [5.74, 6) is -3.12. The van der Waals surface area contributed by atoms with Crippen LogP contribution in [0.3, 0.4) is 0 Å². The van der Waals surface area contributed by atoms with E-state index in [1.807, 2.05) is 7.05 Å². The minimum atomic E-state index is -3.90. The second kappa shape index (κ2) is 10.0. The van der Waals surface area contributed by atoms with Gasteiger partial charge in [0.1, 0.15) is 0 Å². The molecule has 2 aromatic carbocycles. The van der Waals surface area contributed by atoms with Crippen LogP contribution in [0.15, 0.2) is 41.3 Å². The number of carbonyl (C=O) groups excluding carboxylic acids is 1. The predicted molar refractivity (Wildman–Crippen MR) is 135 cm³/mol. The van der Waals surface area contributed by atoms with Gasteiger partial charge in [0.2, 0.25) is 0 Å². The summed E-state index contributed by atoms with van der Waals surface area (Å²) in [7, 11) is -1.94. The number of anilines is 1. The van der Waals surface area contributed by atoms with E-state index in [1.54, 1.807) is 0 Å². The van der Waals surface area contributed by atoms with Crippen LogP contribution in [0.2, 0.25) is 5.02 Å². The van der Waals surface area contributed by atoms with Crippen molar-refractivity contribution in [1.82, 2.24) is 4.90 Å². The number of halogens is 3. The fourth-order valence-electron chi connectivity index (χ4n) is 5.52. The van der Waals surface area contributed by atoms with Crippen molar-refractivity contribution in [1.29, 1.82) is 0 Å². The van der Waals surface area contributed by atoms with Gasteiger partial charge in [0.25, 0.3) is 5.91 Å². The third-order valence-corrected chi connectivity index (χ3v) is 10.5. The second-order valence-electron chi connectivity index (χ2n) is 10.3. The Labute approximate surface area is 215 Å². The SMILES string of the molecule is CC(C)N(C)C[C@]1(O)C2CCC1C[C@@H](S(=O)(=O)c1cc(C(=O)Nc3ccc(F)c(F)c3)ccc1Cl)C2. The third-order valence-electron chi connectivity index (χ3n) is 7.87. The molecule has 2 aliphatic rings. The lowest BCUT2D eigenvalue weighted by Crippen LogP contribution is -2.55. The zero-order chi connectivity index (χ0) is 26.4. The fraction of sp³-hybridized carbons (Fsp3) is 0.500. The van der Waals surface area contributed by atoms with Gasteiger partial charge in [-0.05, 0) is 88.7 Å². The Balaban J connectivity index is 1.56. The second-order valence-corrected chi connectivity index (χ2v) is 12.9. The summed E-state index contributed by atoms with van der Waals surface area (Å²) in [5, 5.41) is 13.3. The number of hydrogen-bond acceptors (Lipinski definition) is 5. The van der Waals surface area contributed by atoms with Crippen molar-refractivity contribution in [2.24, 2.45) is 11.8 Å². The highest BCUT2D eigenvalue weighted by atomic mass is 35.5. The minimum absolute atomic E-state index is 0.00657. The molecule has 1 amide bonds. The Morgan fingerprint density at radius 2 is 1.78 bits per heavy atom. The molecule has 2 unspecified atom stereocenters. The lowest BCUT2D eigenvalue weighted by atomic mass is 9.74. The van der Waals surface area contributed by atoms with Crippen molar-refractivity contribution < 1.29 is 27.1 Å². The van der Waals surface area contributed by atoms with Gasteiger partial charge in [-0.25, -0.2) is 17.2 Å². The molecule has 2 N–H and O–H groups in total. The van der Waals surface area contributed by atoms with Crippen LogP contribution in [-0.2, 0) is 9.84 Å². The number of sulfone groups is 1. The Bertz CT molecular complexity index is 1260. The molecule has 0 radical (unpaired) electrons. The third kappa shape index (κ3) is 5.03. The first-order valence-corrected chi connectivity index (χ1v) is 14.0. The van der Waals surface area contributed by atoms with E-state index in [2.05, 4.69) is 24.1 Å². The smallest absolute Gasteiger partial charge is 0.255 e. The molecule has 10 heteroatoms. The van der Waals surface area contributed by atoms with Crippen molar-refractivity contribution >= 4 is 33.0 Å². The first kappa shape index (κ1) is 27.0. The van der Waals surface area contributed by atoms with Crippen LogP contribution in [0.1, 0.15) is 49.9 Å². The molecular weight excluding hydrogens is 510 g/mol. The maximum atomic E-state index is 13.7. The van der Waals surface area contributed by atoms with E-state index in [0.29, 0.717) is 19.4 Å². The van der Waals surface area contributed by atoms with Crippen LogP contribution in [0.4, 0.5) is 14.5 Å². The highest BCUT2D eigenvalue weighted by molar-refractivity contribution is 7.92. The van der Waals surface area contributed by atoms with Crippen molar-refractivity contribution in [3.05, 3.63) is 58.6 Å². The number of nitrogens with zero attached hydrogens (tertiary/aromatic N) is 1. The van der Waals surface area contributed by atoms with Gasteiger partial charge in [0, 0.05) is 29.9 Å². The van der Waals surface area contributed by atoms with Gasteiger partial charge in [-0.3, -0.25) is 4.79 Å². The Kier molecular flexibility index (Phi) is 7.50. The molecule has 0 spiro atoms. The molecule has 36 heavy (non-hydrogen) atoms. The van der Waals surface area contributed by atoms with Crippen molar-refractivity contribution in [2.75, 3.05) is 18.9 Å². The molecule has 2 atom stereocenters. The molecule has 4 rings (SSSR count). The molecule has 6 nitrogen and oxygen atoms in total. The first-order chi connectivity index (χ1) is 16.8. The van der Waals surface area contributed by atoms with Crippen LogP contribution in [-0.4, -0.2) is 54.8 Å². The molecule has 0 aliphatic heterocycles. The average molecular weight is 541 g/mol. The van der Waals surface area contributed by atoms with E-state index in [1.165, 1.54) is 24.3 Å². The zero-order valence-electron chi connectivity index (χ0n) is 20.5. The van der Waals surface area contributed by atoms with E-state index < -0.39 is 38.2 Å². The van der Waals surface area contributed by atoms with Gasteiger partial charge in [0.05, 0.1) is 20.8 Å².